The molecule has 0 amide bonds. The average molecular weight is 282 g/mol. The van der Waals surface area contributed by atoms with Crippen molar-refractivity contribution in [1.29, 1.82) is 0 Å². The first-order chi connectivity index (χ1) is 9.81. The van der Waals surface area contributed by atoms with Crippen LogP contribution in [0.3, 0.4) is 0 Å². The summed E-state index contributed by atoms with van der Waals surface area (Å²) in [5, 5.41) is 3.40. The molecule has 2 fully saturated rings. The molecule has 20 heavy (non-hydrogen) atoms. The number of carbonyl (C=O) groups is 1. The fraction of sp³-hybridized carbons (Fsp3) is 0.938. The van der Waals surface area contributed by atoms with Crippen LogP contribution in [-0.4, -0.2) is 49.7 Å². The highest BCUT2D eigenvalue weighted by molar-refractivity contribution is 5.73. The summed E-state index contributed by atoms with van der Waals surface area (Å²) in [6.45, 7) is 7.03. The van der Waals surface area contributed by atoms with Crippen molar-refractivity contribution in [3.8, 4) is 0 Å². The number of esters is 1. The summed E-state index contributed by atoms with van der Waals surface area (Å²) < 4.78 is 5.43. The lowest BCUT2D eigenvalue weighted by atomic mass is 10.1. The minimum Gasteiger partial charge on any atom is -0.465 e. The molecule has 0 aromatic rings. The van der Waals surface area contributed by atoms with Crippen LogP contribution in [0, 0.1) is 5.92 Å². The molecule has 2 aliphatic rings. The molecule has 0 spiro atoms. The Bertz CT molecular complexity index is 290. The minimum atomic E-state index is 0.0398. The molecule has 4 nitrogen and oxygen atoms in total. The molecule has 0 aromatic heterocycles. The molecule has 1 unspecified atom stereocenters. The van der Waals surface area contributed by atoms with E-state index in [1.807, 2.05) is 0 Å². The van der Waals surface area contributed by atoms with Gasteiger partial charge in [-0.15, -0.1) is 0 Å². The van der Waals surface area contributed by atoms with Crippen LogP contribution in [0.1, 0.15) is 51.9 Å². The number of rotatable bonds is 7. The van der Waals surface area contributed by atoms with Crippen LogP contribution in [0.2, 0.25) is 0 Å². The average Bonchev–Trinajstić information content (AvgIpc) is 2.98. The van der Waals surface area contributed by atoms with Crippen molar-refractivity contribution < 1.29 is 9.53 Å². The van der Waals surface area contributed by atoms with Crippen LogP contribution in [0.5, 0.6) is 0 Å². The van der Waals surface area contributed by atoms with Crippen LogP contribution >= 0.6 is 0 Å². The lowest BCUT2D eigenvalue weighted by Gasteiger charge is -2.31. The largest absolute Gasteiger partial charge is 0.465 e. The highest BCUT2D eigenvalue weighted by atomic mass is 16.5. The zero-order valence-corrected chi connectivity index (χ0v) is 12.9. The topological polar surface area (TPSA) is 41.6 Å². The summed E-state index contributed by atoms with van der Waals surface area (Å²) in [6, 6.07) is 0.679. The van der Waals surface area contributed by atoms with E-state index in [9.17, 15) is 4.79 Å². The highest BCUT2D eigenvalue weighted by Gasteiger charge is 2.33. The molecule has 2 saturated heterocycles. The number of nitrogens with zero attached hydrogens (tertiary/aromatic N) is 1. The van der Waals surface area contributed by atoms with Crippen LogP contribution in [-0.2, 0) is 9.53 Å². The third-order valence-electron chi connectivity index (χ3n) is 4.62. The van der Waals surface area contributed by atoms with E-state index in [0.717, 1.165) is 39.0 Å². The van der Waals surface area contributed by atoms with E-state index in [1.54, 1.807) is 0 Å². The zero-order chi connectivity index (χ0) is 14.2. The Labute approximate surface area is 123 Å². The molecule has 2 aliphatic heterocycles. The molecule has 2 heterocycles. The van der Waals surface area contributed by atoms with E-state index in [2.05, 4.69) is 17.1 Å². The molecule has 0 saturated carbocycles. The van der Waals surface area contributed by atoms with E-state index < -0.39 is 0 Å². The van der Waals surface area contributed by atoms with Crippen molar-refractivity contribution in [2.75, 3.05) is 32.8 Å². The second-order valence-corrected chi connectivity index (χ2v) is 6.19. The van der Waals surface area contributed by atoms with Crippen LogP contribution < -0.4 is 5.32 Å². The third-order valence-corrected chi connectivity index (χ3v) is 4.62. The number of hydrogen-bond donors (Lipinski definition) is 1. The third kappa shape index (κ3) is 4.74. The van der Waals surface area contributed by atoms with Gasteiger partial charge >= 0.3 is 5.97 Å². The van der Waals surface area contributed by atoms with E-state index in [1.165, 1.54) is 32.1 Å². The van der Waals surface area contributed by atoms with E-state index in [-0.39, 0.29) is 11.9 Å². The molecule has 0 bridgehead atoms. The summed E-state index contributed by atoms with van der Waals surface area (Å²) in [7, 11) is 0. The fourth-order valence-corrected chi connectivity index (χ4v) is 3.30. The van der Waals surface area contributed by atoms with Crippen LogP contribution in [0.25, 0.3) is 0 Å². The van der Waals surface area contributed by atoms with Crippen molar-refractivity contribution in [3.63, 3.8) is 0 Å². The van der Waals surface area contributed by atoms with Gasteiger partial charge in [0.1, 0.15) is 0 Å². The lowest BCUT2D eigenvalue weighted by Crippen LogP contribution is -2.42. The van der Waals surface area contributed by atoms with Gasteiger partial charge in [0.2, 0.25) is 0 Å². The maximum Gasteiger partial charge on any atom is 0.310 e. The first kappa shape index (κ1) is 15.8. The van der Waals surface area contributed by atoms with Crippen LogP contribution in [0.15, 0.2) is 0 Å². The van der Waals surface area contributed by atoms with Crippen LogP contribution in [0.4, 0.5) is 0 Å². The number of carbonyl (C=O) groups excluding carboxylic acids is 1. The Morgan fingerprint density at radius 1 is 1.20 bits per heavy atom. The van der Waals surface area contributed by atoms with Gasteiger partial charge in [-0.3, -0.25) is 9.69 Å². The Morgan fingerprint density at radius 2 is 2.00 bits per heavy atom. The molecular formula is C16H30N2O2. The zero-order valence-electron chi connectivity index (χ0n) is 12.9. The molecule has 116 valence electrons. The van der Waals surface area contributed by atoms with Gasteiger partial charge in [0.15, 0.2) is 0 Å². The molecule has 2 rings (SSSR count). The Kier molecular flexibility index (Phi) is 6.80. The summed E-state index contributed by atoms with van der Waals surface area (Å²) in [5.41, 5.74) is 0. The monoisotopic (exact) mass is 282 g/mol. The molecule has 1 atom stereocenters. The van der Waals surface area contributed by atoms with Crippen molar-refractivity contribution in [2.24, 2.45) is 5.92 Å². The second-order valence-electron chi connectivity index (χ2n) is 6.19. The maximum absolute atomic E-state index is 12.0. The van der Waals surface area contributed by atoms with Crippen molar-refractivity contribution in [1.82, 2.24) is 10.2 Å². The predicted octanol–water partition coefficient (Wildman–Crippen LogP) is 2.18. The Morgan fingerprint density at radius 3 is 2.75 bits per heavy atom. The molecule has 0 radical (unpaired) electrons. The number of hydrogen-bond acceptors (Lipinski definition) is 4. The van der Waals surface area contributed by atoms with E-state index >= 15 is 0 Å². The normalized spacial score (nSPS) is 24.9. The molecule has 0 aromatic carbocycles. The number of unbranched alkanes of at least 4 members (excludes halogenated alkanes) is 3. The van der Waals surface area contributed by atoms with Gasteiger partial charge in [0.05, 0.1) is 12.5 Å². The molecule has 1 N–H and O–H groups in total. The summed E-state index contributed by atoms with van der Waals surface area (Å²) in [4.78, 5) is 14.5. The molecular weight excluding hydrogens is 252 g/mol. The van der Waals surface area contributed by atoms with Gasteiger partial charge in [0, 0.05) is 12.6 Å². The maximum atomic E-state index is 12.0. The summed E-state index contributed by atoms with van der Waals surface area (Å²) in [5.74, 6) is 0.161. The molecule has 0 aliphatic carbocycles. The number of likely N-dealkylation sites (tertiary alicyclic amines) is 1. The highest BCUT2D eigenvalue weighted by Crippen LogP contribution is 2.23. The van der Waals surface area contributed by atoms with Gasteiger partial charge in [0.25, 0.3) is 0 Å². The standard InChI is InChI=1S/C16H30N2O2/c1-2-3-4-5-12-20-16(19)14-8-11-18(13-14)15-6-9-17-10-7-15/h14-15,17H,2-13H2,1H3. The van der Waals surface area contributed by atoms with Gasteiger partial charge in [-0.25, -0.2) is 0 Å². The Balaban J connectivity index is 1.62. The first-order valence-corrected chi connectivity index (χ1v) is 8.42. The first-order valence-electron chi connectivity index (χ1n) is 8.42. The fourth-order valence-electron chi connectivity index (χ4n) is 3.30. The van der Waals surface area contributed by atoms with Gasteiger partial charge in [-0.05, 0) is 45.3 Å². The molecule has 4 heteroatoms. The van der Waals surface area contributed by atoms with Crippen molar-refractivity contribution in [2.45, 2.75) is 57.9 Å². The summed E-state index contributed by atoms with van der Waals surface area (Å²) in [6.07, 6.45) is 8.08. The second kappa shape index (κ2) is 8.63. The van der Waals surface area contributed by atoms with Gasteiger partial charge in [-0.1, -0.05) is 26.2 Å². The number of ether oxygens (including phenoxy) is 1. The SMILES string of the molecule is CCCCCCOC(=O)C1CCN(C2CCNCC2)C1. The minimum absolute atomic E-state index is 0.0398. The van der Waals surface area contributed by atoms with Crippen molar-refractivity contribution >= 4 is 5.97 Å². The van der Waals surface area contributed by atoms with Gasteiger partial charge in [-0.2, -0.15) is 0 Å². The number of piperidine rings is 1. The summed E-state index contributed by atoms with van der Waals surface area (Å²) >= 11 is 0. The smallest absolute Gasteiger partial charge is 0.310 e. The van der Waals surface area contributed by atoms with E-state index in [4.69, 9.17) is 4.74 Å². The van der Waals surface area contributed by atoms with Gasteiger partial charge < -0.3 is 10.1 Å². The van der Waals surface area contributed by atoms with Crippen molar-refractivity contribution in [3.05, 3.63) is 0 Å². The lowest BCUT2D eigenvalue weighted by molar-refractivity contribution is -0.148. The van der Waals surface area contributed by atoms with E-state index in [0.29, 0.717) is 12.6 Å². The number of nitrogens with one attached hydrogen (secondary N) is 1. The predicted molar refractivity (Wildman–Crippen MR) is 80.7 cm³/mol. The Hall–Kier alpha value is -0.610. The quantitative estimate of drug-likeness (QED) is 0.574.